The van der Waals surface area contributed by atoms with Crippen LogP contribution in [0.2, 0.25) is 0 Å². The molecular weight excluding hydrogens is 346 g/mol. The molecule has 1 fully saturated rings. The molecule has 2 N–H and O–H groups in total. The molecular formula is C16H17N3O3S2. The highest BCUT2D eigenvalue weighted by Crippen LogP contribution is 2.36. The Labute approximate surface area is 148 Å². The third-order valence-electron chi connectivity index (χ3n) is 3.85. The van der Waals surface area contributed by atoms with E-state index in [1.54, 1.807) is 0 Å². The molecule has 2 aliphatic heterocycles. The Balaban J connectivity index is 1.40. The van der Waals surface area contributed by atoms with Crippen molar-refractivity contribution in [1.82, 2.24) is 10.3 Å². The Hall–Kier alpha value is -1.77. The van der Waals surface area contributed by atoms with Crippen molar-refractivity contribution in [3.8, 4) is 22.8 Å². The summed E-state index contributed by atoms with van der Waals surface area (Å²) >= 11 is 3.31. The number of benzene rings is 1. The van der Waals surface area contributed by atoms with E-state index in [1.807, 2.05) is 35.3 Å². The van der Waals surface area contributed by atoms with Crippen LogP contribution < -0.4 is 20.1 Å². The summed E-state index contributed by atoms with van der Waals surface area (Å²) in [6.07, 6.45) is 0.478. The topological polar surface area (TPSA) is 72.5 Å². The van der Waals surface area contributed by atoms with Crippen LogP contribution in [-0.2, 0) is 4.79 Å². The molecule has 0 aliphatic carbocycles. The van der Waals surface area contributed by atoms with E-state index in [0.29, 0.717) is 11.6 Å². The summed E-state index contributed by atoms with van der Waals surface area (Å²) in [5, 5.41) is 8.82. The molecule has 1 amide bonds. The van der Waals surface area contributed by atoms with Gasteiger partial charge in [-0.1, -0.05) is 0 Å². The lowest BCUT2D eigenvalue weighted by Crippen LogP contribution is -2.39. The number of carbonyl (C=O) groups excluding carboxylic acids is 1. The molecule has 1 saturated heterocycles. The van der Waals surface area contributed by atoms with Gasteiger partial charge in [0.2, 0.25) is 12.7 Å². The van der Waals surface area contributed by atoms with Gasteiger partial charge in [0.05, 0.1) is 5.69 Å². The molecule has 0 bridgehead atoms. The van der Waals surface area contributed by atoms with Crippen LogP contribution in [0.1, 0.15) is 6.42 Å². The molecule has 6 nitrogen and oxygen atoms in total. The van der Waals surface area contributed by atoms with Gasteiger partial charge in [-0.25, -0.2) is 4.98 Å². The van der Waals surface area contributed by atoms with E-state index in [4.69, 9.17) is 9.47 Å². The number of thiazole rings is 1. The molecule has 24 heavy (non-hydrogen) atoms. The molecule has 2 aromatic rings. The number of hydrogen-bond donors (Lipinski definition) is 2. The summed E-state index contributed by atoms with van der Waals surface area (Å²) < 4.78 is 10.7. The van der Waals surface area contributed by atoms with Crippen LogP contribution in [0.5, 0.6) is 11.5 Å². The predicted octanol–water partition coefficient (Wildman–Crippen LogP) is 2.57. The molecule has 1 unspecified atom stereocenters. The Kier molecular flexibility index (Phi) is 4.59. The van der Waals surface area contributed by atoms with Crippen molar-refractivity contribution >= 4 is 34.1 Å². The van der Waals surface area contributed by atoms with Gasteiger partial charge < -0.3 is 20.1 Å². The van der Waals surface area contributed by atoms with Gasteiger partial charge in [0.25, 0.3) is 0 Å². The number of rotatable bonds is 4. The van der Waals surface area contributed by atoms with Gasteiger partial charge in [-0.2, -0.15) is 11.8 Å². The van der Waals surface area contributed by atoms with Crippen molar-refractivity contribution in [1.29, 1.82) is 0 Å². The number of hydrogen-bond acceptors (Lipinski definition) is 7. The zero-order valence-corrected chi connectivity index (χ0v) is 14.5. The van der Waals surface area contributed by atoms with E-state index in [9.17, 15) is 4.79 Å². The number of amides is 1. The van der Waals surface area contributed by atoms with Crippen LogP contribution >= 0.6 is 23.1 Å². The second-order valence-corrected chi connectivity index (χ2v) is 7.59. The first kappa shape index (κ1) is 15.7. The summed E-state index contributed by atoms with van der Waals surface area (Å²) in [6.45, 7) is 1.22. The van der Waals surface area contributed by atoms with Crippen molar-refractivity contribution in [2.75, 3.05) is 30.2 Å². The molecule has 1 aromatic heterocycles. The fourth-order valence-electron chi connectivity index (χ4n) is 2.66. The third kappa shape index (κ3) is 3.50. The van der Waals surface area contributed by atoms with Gasteiger partial charge in [-0.05, 0) is 18.2 Å². The molecule has 0 spiro atoms. The molecule has 1 aromatic carbocycles. The molecule has 8 heteroatoms. The Morgan fingerprint density at radius 3 is 3.17 bits per heavy atom. The van der Waals surface area contributed by atoms with Crippen molar-refractivity contribution in [3.63, 3.8) is 0 Å². The molecule has 3 heterocycles. The second kappa shape index (κ2) is 7.00. The molecule has 2 aliphatic rings. The average molecular weight is 363 g/mol. The zero-order valence-electron chi connectivity index (χ0n) is 12.9. The maximum Gasteiger partial charge on any atom is 0.231 e. The van der Waals surface area contributed by atoms with Crippen molar-refractivity contribution in [3.05, 3.63) is 23.6 Å². The predicted molar refractivity (Wildman–Crippen MR) is 96.0 cm³/mol. The number of carbonyl (C=O) groups is 1. The first-order valence-corrected chi connectivity index (χ1v) is 9.78. The summed E-state index contributed by atoms with van der Waals surface area (Å²) in [6, 6.07) is 5.97. The standard InChI is InChI=1S/C16H17N3O3S2/c20-15(6-11-7-23-4-3-17-11)19-16-18-12(8-24-16)10-1-2-13-14(5-10)22-9-21-13/h1-2,5,8,11,17H,3-4,6-7,9H2,(H,18,19,20). The largest absolute Gasteiger partial charge is 0.454 e. The first-order chi connectivity index (χ1) is 11.8. The monoisotopic (exact) mass is 363 g/mol. The fourth-order valence-corrected chi connectivity index (χ4v) is 4.35. The summed E-state index contributed by atoms with van der Waals surface area (Å²) in [5.74, 6) is 3.57. The minimum Gasteiger partial charge on any atom is -0.454 e. The van der Waals surface area contributed by atoms with E-state index in [1.165, 1.54) is 11.3 Å². The smallest absolute Gasteiger partial charge is 0.231 e. The summed E-state index contributed by atoms with van der Waals surface area (Å²) in [4.78, 5) is 16.7. The normalized spacial score (nSPS) is 19.2. The maximum atomic E-state index is 12.1. The van der Waals surface area contributed by atoms with Crippen LogP contribution in [-0.4, -0.2) is 41.8 Å². The molecule has 126 valence electrons. The third-order valence-corrected chi connectivity index (χ3v) is 5.74. The highest BCUT2D eigenvalue weighted by atomic mass is 32.2. The van der Waals surface area contributed by atoms with Gasteiger partial charge in [-0.3, -0.25) is 4.79 Å². The van der Waals surface area contributed by atoms with Crippen LogP contribution in [0.3, 0.4) is 0 Å². The quantitative estimate of drug-likeness (QED) is 0.870. The number of ether oxygens (including phenoxy) is 2. The highest BCUT2D eigenvalue weighted by Gasteiger charge is 2.18. The zero-order chi connectivity index (χ0) is 16.4. The van der Waals surface area contributed by atoms with Gasteiger partial charge in [0.1, 0.15) is 0 Å². The van der Waals surface area contributed by atoms with Gasteiger partial charge in [0, 0.05) is 41.5 Å². The van der Waals surface area contributed by atoms with Crippen molar-refractivity contribution in [2.45, 2.75) is 12.5 Å². The van der Waals surface area contributed by atoms with Crippen LogP contribution in [0, 0.1) is 0 Å². The van der Waals surface area contributed by atoms with E-state index >= 15 is 0 Å². The lowest BCUT2D eigenvalue weighted by molar-refractivity contribution is -0.116. The lowest BCUT2D eigenvalue weighted by atomic mass is 10.1. The van der Waals surface area contributed by atoms with E-state index in [0.717, 1.165) is 40.8 Å². The fraction of sp³-hybridized carbons (Fsp3) is 0.375. The lowest BCUT2D eigenvalue weighted by Gasteiger charge is -2.22. The minimum atomic E-state index is 0.00147. The van der Waals surface area contributed by atoms with Crippen LogP contribution in [0.4, 0.5) is 5.13 Å². The number of nitrogens with one attached hydrogen (secondary N) is 2. The molecule has 0 radical (unpaired) electrons. The maximum absolute atomic E-state index is 12.1. The van der Waals surface area contributed by atoms with Crippen molar-refractivity contribution < 1.29 is 14.3 Å². The van der Waals surface area contributed by atoms with Gasteiger partial charge in [-0.15, -0.1) is 11.3 Å². The Bertz CT molecular complexity index is 744. The number of anilines is 1. The number of aromatic nitrogens is 1. The molecule has 4 rings (SSSR count). The summed E-state index contributed by atoms with van der Waals surface area (Å²) in [7, 11) is 0. The van der Waals surface area contributed by atoms with Crippen molar-refractivity contribution in [2.24, 2.45) is 0 Å². The number of thioether (sulfide) groups is 1. The minimum absolute atomic E-state index is 0.00147. The van der Waals surface area contributed by atoms with Crippen LogP contribution in [0.15, 0.2) is 23.6 Å². The Morgan fingerprint density at radius 1 is 1.38 bits per heavy atom. The van der Waals surface area contributed by atoms with Gasteiger partial charge in [0.15, 0.2) is 16.6 Å². The number of fused-ring (bicyclic) bond motifs is 1. The summed E-state index contributed by atoms with van der Waals surface area (Å²) in [5.41, 5.74) is 1.77. The second-order valence-electron chi connectivity index (χ2n) is 5.58. The SMILES string of the molecule is O=C(CC1CSCCN1)Nc1nc(-c2ccc3c(c2)OCO3)cs1. The molecule has 0 saturated carbocycles. The van der Waals surface area contributed by atoms with Crippen LogP contribution in [0.25, 0.3) is 11.3 Å². The Morgan fingerprint density at radius 2 is 2.29 bits per heavy atom. The number of nitrogens with zero attached hydrogens (tertiary/aromatic N) is 1. The van der Waals surface area contributed by atoms with E-state index in [-0.39, 0.29) is 18.7 Å². The molecule has 1 atom stereocenters. The van der Waals surface area contributed by atoms with E-state index < -0.39 is 0 Å². The average Bonchev–Trinajstić information content (AvgIpc) is 3.24. The first-order valence-electron chi connectivity index (χ1n) is 7.74. The van der Waals surface area contributed by atoms with E-state index in [2.05, 4.69) is 15.6 Å². The van der Waals surface area contributed by atoms with Gasteiger partial charge >= 0.3 is 0 Å². The highest BCUT2D eigenvalue weighted by molar-refractivity contribution is 7.99.